The van der Waals surface area contributed by atoms with Crippen LogP contribution < -0.4 is 0 Å². The van der Waals surface area contributed by atoms with Crippen molar-refractivity contribution in [2.24, 2.45) is 0 Å². The third-order valence-electron chi connectivity index (χ3n) is 0. The summed E-state index contributed by atoms with van der Waals surface area (Å²) in [4.78, 5) is 0. The summed E-state index contributed by atoms with van der Waals surface area (Å²) in [6.45, 7) is 0. The Kier molecular flexibility index (Phi) is 137. The molecule has 0 rings (SSSR count). The molecule has 1 radical (unpaired) electrons. The van der Waals surface area contributed by atoms with E-state index in [0.29, 0.717) is 39.6 Å². The first kappa shape index (κ1) is 15.9. The van der Waals surface area contributed by atoms with Gasteiger partial charge in [-0.3, -0.25) is 0 Å². The second-order valence-electron chi connectivity index (χ2n) is 0. The second-order valence-corrected chi connectivity index (χ2v) is 0. The van der Waals surface area contributed by atoms with Gasteiger partial charge >= 0.3 is 46.3 Å². The Labute approximate surface area is 68.0 Å². The predicted octanol–water partition coefficient (Wildman–Crippen LogP) is -0.245. The van der Waals surface area contributed by atoms with Crippen LogP contribution in [-0.4, -0.2) is 0 Å². The van der Waals surface area contributed by atoms with E-state index in [0.717, 1.165) is 0 Å². The fourth-order valence-electron chi connectivity index (χ4n) is 0. The van der Waals surface area contributed by atoms with Crippen LogP contribution in [0.15, 0.2) is 0 Å². The van der Waals surface area contributed by atoms with Crippen molar-refractivity contribution >= 4 is 0 Å². The zero-order chi connectivity index (χ0) is 4.00. The zero-order valence-corrected chi connectivity index (χ0v) is 8.11. The van der Waals surface area contributed by atoms with E-state index in [2.05, 4.69) is 0 Å². The minimum absolute atomic E-state index is 0. The Morgan fingerprint density at radius 3 is 0.800 bits per heavy atom. The van der Waals surface area contributed by atoms with Crippen LogP contribution in [0, 0.1) is 0 Å². The van der Waals surface area contributed by atoms with Crippen molar-refractivity contribution in [2.75, 3.05) is 0 Å². The van der Waals surface area contributed by atoms with Gasteiger partial charge in [0.2, 0.25) is 0 Å². The minimum atomic E-state index is 0. The molecule has 0 bridgehead atoms. The molecule has 5 heteroatoms. The van der Waals surface area contributed by atoms with Crippen LogP contribution in [0.2, 0.25) is 0 Å². The van der Waals surface area contributed by atoms with Crippen LogP contribution in [0.25, 0.3) is 0 Å². The van der Waals surface area contributed by atoms with E-state index in [1.807, 2.05) is 0 Å². The number of rotatable bonds is 0. The van der Waals surface area contributed by atoms with E-state index in [9.17, 15) is 0 Å². The van der Waals surface area contributed by atoms with Crippen molar-refractivity contribution < 1.29 is 68.7 Å². The molecule has 0 atom stereocenters. The molecule has 0 aromatic rings. The molecule has 0 spiro atoms. The molecule has 0 aliphatic heterocycles. The molecule has 0 aromatic heterocycles. The third kappa shape index (κ3) is 26.8. The van der Waals surface area contributed by atoms with Crippen LogP contribution >= 0.6 is 0 Å². The van der Waals surface area contributed by atoms with Gasteiger partial charge in [0.05, 0.1) is 0 Å². The molecule has 0 heterocycles. The quantitative estimate of drug-likeness (QED) is 0.507. The van der Waals surface area contributed by atoms with E-state index in [-0.39, 0.29) is 22.4 Å². The van der Waals surface area contributed by atoms with Gasteiger partial charge in [0.15, 0.2) is 0 Å². The van der Waals surface area contributed by atoms with E-state index < -0.39 is 0 Å². The predicted molar refractivity (Wildman–Crippen MR) is 1.37 cm³/mol. The summed E-state index contributed by atoms with van der Waals surface area (Å²) < 4.78 is 16.5. The van der Waals surface area contributed by atoms with Gasteiger partial charge in [-0.15, -0.1) is 0 Å². The van der Waals surface area contributed by atoms with Crippen molar-refractivity contribution in [1.82, 2.24) is 0 Å². The van der Waals surface area contributed by atoms with Crippen molar-refractivity contribution in [2.45, 2.75) is 0 Å². The van der Waals surface area contributed by atoms with Gasteiger partial charge in [0.1, 0.15) is 0 Å². The second kappa shape index (κ2) is 43.2. The fourth-order valence-corrected chi connectivity index (χ4v) is 0. The Bertz CT molecular complexity index is 9.61. The molecular formula is AuMo2O2. The Morgan fingerprint density at radius 1 is 0.800 bits per heavy atom. The van der Waals surface area contributed by atoms with Gasteiger partial charge in [-0.1, -0.05) is 0 Å². The summed E-state index contributed by atoms with van der Waals surface area (Å²) in [5, 5.41) is 0. The summed E-state index contributed by atoms with van der Waals surface area (Å²) in [5.74, 6) is 0. The van der Waals surface area contributed by atoms with Gasteiger partial charge in [-0.05, 0) is 0 Å². The molecule has 0 amide bonds. The molecular weight excluding hydrogens is 421 g/mol. The molecule has 2 nitrogen and oxygen atoms in total. The maximum atomic E-state index is 8.26. The van der Waals surface area contributed by atoms with E-state index >= 15 is 0 Å². The number of hydrogen-bond acceptors (Lipinski definition) is 2. The van der Waals surface area contributed by atoms with Gasteiger partial charge in [0.25, 0.3) is 0 Å². The van der Waals surface area contributed by atoms with Crippen LogP contribution in [-0.2, 0) is 68.7 Å². The fraction of sp³-hybridized carbons (Fsp3) is 0. The molecule has 0 unspecified atom stereocenters. The molecule has 0 saturated carbocycles. The Morgan fingerprint density at radius 2 is 0.800 bits per heavy atom. The molecule has 0 fully saturated rings. The first-order valence-electron chi connectivity index (χ1n) is 0.333. The Balaban J connectivity index is -0.0000000133. The van der Waals surface area contributed by atoms with Crippen LogP contribution in [0.4, 0.5) is 0 Å². The van der Waals surface area contributed by atoms with E-state index in [1.165, 1.54) is 0 Å². The molecule has 5 heavy (non-hydrogen) atoms. The Hall–Kier alpha value is 1.72. The normalized spacial score (nSPS) is 1.60. The topological polar surface area (TPSA) is 34.1 Å². The van der Waals surface area contributed by atoms with Crippen molar-refractivity contribution in [3.05, 3.63) is 0 Å². The van der Waals surface area contributed by atoms with Crippen LogP contribution in [0.1, 0.15) is 0 Å². The van der Waals surface area contributed by atoms with Gasteiger partial charge < -0.3 is 0 Å². The van der Waals surface area contributed by atoms with Crippen molar-refractivity contribution in [3.8, 4) is 0 Å². The molecule has 0 aromatic carbocycles. The zero-order valence-electron chi connectivity index (χ0n) is 1.93. The number of hydrogen-bond donors (Lipinski definition) is 0. The van der Waals surface area contributed by atoms with Crippen LogP contribution in [0.3, 0.4) is 0 Å². The van der Waals surface area contributed by atoms with Gasteiger partial charge in [-0.2, -0.15) is 0 Å². The first-order chi connectivity index (χ1) is 2.00. The summed E-state index contributed by atoms with van der Waals surface area (Å²) in [5.41, 5.74) is 0. The monoisotopic (exact) mass is 425 g/mol. The van der Waals surface area contributed by atoms with Crippen molar-refractivity contribution in [1.29, 1.82) is 0 Å². The molecule has 0 aliphatic rings. The molecule has 0 saturated heterocycles. The first-order valence-corrected chi connectivity index (χ1v) is 1.97. The standard InChI is InChI=1S/Au.2Mo.2O. The average molecular weight is 421 g/mol. The average Bonchev–Trinajstić information content (AvgIpc) is 1.50. The third-order valence-corrected chi connectivity index (χ3v) is 0. The van der Waals surface area contributed by atoms with Crippen molar-refractivity contribution in [3.63, 3.8) is 0 Å². The maximum absolute atomic E-state index is 8.26. The van der Waals surface area contributed by atoms with Crippen LogP contribution in [0.5, 0.6) is 0 Å². The van der Waals surface area contributed by atoms with Gasteiger partial charge in [0, 0.05) is 22.4 Å². The summed E-state index contributed by atoms with van der Waals surface area (Å²) in [7, 11) is 0. The van der Waals surface area contributed by atoms with E-state index in [1.54, 1.807) is 0 Å². The summed E-state index contributed by atoms with van der Waals surface area (Å²) >= 11 is 1.40. The molecule has 0 aliphatic carbocycles. The van der Waals surface area contributed by atoms with Gasteiger partial charge in [-0.25, -0.2) is 0 Å². The SMILES string of the molecule is [Au].[O]=[Mo].[O]=[Mo]. The van der Waals surface area contributed by atoms with E-state index in [4.69, 9.17) is 6.80 Å². The molecule has 35 valence electrons. The summed E-state index contributed by atoms with van der Waals surface area (Å²) in [6.07, 6.45) is 0. The summed E-state index contributed by atoms with van der Waals surface area (Å²) in [6, 6.07) is 0. The molecule has 0 N–H and O–H groups in total.